The first-order valence-corrected chi connectivity index (χ1v) is 11.5. The van der Waals surface area contributed by atoms with Crippen molar-refractivity contribution in [1.29, 1.82) is 0 Å². The number of anilines is 1. The third kappa shape index (κ3) is 3.86. The van der Waals surface area contributed by atoms with E-state index in [0.29, 0.717) is 53.0 Å². The van der Waals surface area contributed by atoms with Crippen LogP contribution in [0.5, 0.6) is 17.2 Å². The quantitative estimate of drug-likeness (QED) is 0.661. The fourth-order valence-electron chi connectivity index (χ4n) is 5.10. The summed E-state index contributed by atoms with van der Waals surface area (Å²) < 4.78 is 16.9. The number of likely N-dealkylation sites (tertiary alicyclic amines) is 1. The van der Waals surface area contributed by atoms with Crippen LogP contribution in [0.2, 0.25) is 5.02 Å². The van der Waals surface area contributed by atoms with Crippen molar-refractivity contribution in [1.82, 2.24) is 4.90 Å². The number of carbonyl (C=O) groups is 3. The zero-order valence-electron chi connectivity index (χ0n) is 19.0. The summed E-state index contributed by atoms with van der Waals surface area (Å²) in [6.07, 6.45) is 0.870. The summed E-state index contributed by atoms with van der Waals surface area (Å²) in [5, 5.41) is 0.483. The van der Waals surface area contributed by atoms with Crippen LogP contribution in [0.4, 0.5) is 5.69 Å². The van der Waals surface area contributed by atoms with E-state index in [1.54, 1.807) is 53.3 Å². The maximum atomic E-state index is 13.4. The summed E-state index contributed by atoms with van der Waals surface area (Å²) in [6.45, 7) is 1.04. The van der Waals surface area contributed by atoms with Crippen LogP contribution in [-0.2, 0) is 9.59 Å². The second-order valence-corrected chi connectivity index (χ2v) is 9.41. The molecule has 2 saturated heterocycles. The number of benzene rings is 2. The van der Waals surface area contributed by atoms with Crippen molar-refractivity contribution < 1.29 is 28.6 Å². The molecule has 3 aliphatic rings. The van der Waals surface area contributed by atoms with Gasteiger partial charge in [0.2, 0.25) is 11.8 Å². The van der Waals surface area contributed by atoms with Crippen LogP contribution in [-0.4, -0.2) is 62.0 Å². The smallest absolute Gasteiger partial charge is 0.228 e. The zero-order chi connectivity index (χ0) is 24.0. The Morgan fingerprint density at radius 2 is 1.97 bits per heavy atom. The minimum Gasteiger partial charge on any atom is -0.497 e. The van der Waals surface area contributed by atoms with Gasteiger partial charge in [0, 0.05) is 31.0 Å². The standard InChI is InChI=1S/C25H25ClN2O6/c1-32-17-4-6-21-18(11-17)20(29)12-25(34-21)7-8-27(14-25)24(31)15-9-23(30)28(13-15)19-10-16(26)3-5-22(19)33-2/h3-6,10-11,15H,7-9,12-14H2,1-2H3. The molecule has 178 valence electrons. The highest BCUT2D eigenvalue weighted by Gasteiger charge is 2.49. The van der Waals surface area contributed by atoms with Crippen LogP contribution in [0, 0.1) is 5.92 Å². The van der Waals surface area contributed by atoms with Crippen LogP contribution in [0.15, 0.2) is 36.4 Å². The van der Waals surface area contributed by atoms with Gasteiger partial charge >= 0.3 is 0 Å². The average molecular weight is 485 g/mol. The number of halogens is 1. The van der Waals surface area contributed by atoms with E-state index < -0.39 is 11.5 Å². The lowest BCUT2D eigenvalue weighted by Gasteiger charge is -2.35. The molecule has 2 atom stereocenters. The fourth-order valence-corrected chi connectivity index (χ4v) is 5.26. The number of ether oxygens (including phenoxy) is 3. The SMILES string of the molecule is COc1ccc2c(c1)C(=O)CC1(CCN(C(=O)C3CC(=O)N(c4cc(Cl)ccc4OC)C3)C1)O2. The molecule has 2 fully saturated rings. The van der Waals surface area contributed by atoms with Gasteiger partial charge in [-0.25, -0.2) is 0 Å². The van der Waals surface area contributed by atoms with Gasteiger partial charge in [-0.05, 0) is 36.4 Å². The second-order valence-electron chi connectivity index (χ2n) is 8.98. The number of Topliss-reactive ketones (excluding diaryl/α,β-unsaturated/α-hetero) is 1. The lowest BCUT2D eigenvalue weighted by Crippen LogP contribution is -2.46. The number of ketones is 1. The molecule has 2 aromatic rings. The minimum absolute atomic E-state index is 0.0234. The molecule has 3 aliphatic heterocycles. The maximum absolute atomic E-state index is 13.4. The van der Waals surface area contributed by atoms with Crippen molar-refractivity contribution >= 4 is 34.9 Å². The number of hydrogen-bond donors (Lipinski definition) is 0. The van der Waals surface area contributed by atoms with Crippen molar-refractivity contribution in [3.8, 4) is 17.2 Å². The van der Waals surface area contributed by atoms with Crippen LogP contribution in [0.1, 0.15) is 29.6 Å². The molecule has 0 aliphatic carbocycles. The molecule has 8 nitrogen and oxygen atoms in total. The van der Waals surface area contributed by atoms with Gasteiger partial charge in [-0.15, -0.1) is 0 Å². The Bertz CT molecular complexity index is 1180. The predicted molar refractivity (Wildman–Crippen MR) is 125 cm³/mol. The van der Waals surface area contributed by atoms with Crippen molar-refractivity contribution in [2.24, 2.45) is 5.92 Å². The average Bonchev–Trinajstić information content (AvgIpc) is 3.42. The highest BCUT2D eigenvalue weighted by molar-refractivity contribution is 6.31. The Morgan fingerprint density at radius 1 is 1.15 bits per heavy atom. The van der Waals surface area contributed by atoms with E-state index in [-0.39, 0.29) is 37.0 Å². The molecule has 9 heteroatoms. The van der Waals surface area contributed by atoms with Crippen LogP contribution in [0.3, 0.4) is 0 Å². The van der Waals surface area contributed by atoms with Gasteiger partial charge < -0.3 is 24.0 Å². The Labute approximate surface area is 202 Å². The lowest BCUT2D eigenvalue weighted by atomic mass is 9.89. The van der Waals surface area contributed by atoms with Gasteiger partial charge in [-0.3, -0.25) is 14.4 Å². The Balaban J connectivity index is 1.30. The molecule has 2 aromatic carbocycles. The molecule has 34 heavy (non-hydrogen) atoms. The minimum atomic E-state index is -0.743. The number of nitrogens with zero attached hydrogens (tertiary/aromatic N) is 2. The third-order valence-electron chi connectivity index (χ3n) is 6.83. The molecule has 0 bridgehead atoms. The molecule has 0 N–H and O–H groups in total. The van der Waals surface area contributed by atoms with Gasteiger partial charge in [-0.2, -0.15) is 0 Å². The summed E-state index contributed by atoms with van der Waals surface area (Å²) in [4.78, 5) is 42.3. The van der Waals surface area contributed by atoms with Gasteiger partial charge in [0.25, 0.3) is 0 Å². The summed E-state index contributed by atoms with van der Waals surface area (Å²) in [5.74, 6) is 0.871. The van der Waals surface area contributed by atoms with E-state index in [2.05, 4.69) is 0 Å². The highest BCUT2D eigenvalue weighted by Crippen LogP contribution is 2.41. The second kappa shape index (κ2) is 8.51. The van der Waals surface area contributed by atoms with E-state index in [0.717, 1.165) is 0 Å². The van der Waals surface area contributed by atoms with E-state index in [9.17, 15) is 14.4 Å². The molecule has 1 spiro atoms. The predicted octanol–water partition coefficient (Wildman–Crippen LogP) is 3.35. The largest absolute Gasteiger partial charge is 0.497 e. The molecule has 5 rings (SSSR count). The zero-order valence-corrected chi connectivity index (χ0v) is 19.8. The fraction of sp³-hybridized carbons (Fsp3) is 0.400. The van der Waals surface area contributed by atoms with Crippen molar-refractivity contribution in [2.45, 2.75) is 24.9 Å². The topological polar surface area (TPSA) is 85.4 Å². The first-order chi connectivity index (χ1) is 16.3. The van der Waals surface area contributed by atoms with Crippen LogP contribution < -0.4 is 19.1 Å². The van der Waals surface area contributed by atoms with E-state index in [4.69, 9.17) is 25.8 Å². The van der Waals surface area contributed by atoms with Gasteiger partial charge in [-0.1, -0.05) is 11.6 Å². The molecule has 2 amide bonds. The van der Waals surface area contributed by atoms with E-state index >= 15 is 0 Å². The number of methoxy groups -OCH3 is 2. The lowest BCUT2D eigenvalue weighted by molar-refractivity contribution is -0.135. The Kier molecular flexibility index (Phi) is 5.64. The monoisotopic (exact) mass is 484 g/mol. The number of rotatable bonds is 4. The van der Waals surface area contributed by atoms with Crippen LogP contribution >= 0.6 is 11.6 Å². The summed E-state index contributed by atoms with van der Waals surface area (Å²) in [5.41, 5.74) is 0.316. The van der Waals surface area contributed by atoms with E-state index in [1.165, 1.54) is 7.11 Å². The molecular formula is C25H25ClN2O6. The molecule has 0 aromatic heterocycles. The number of hydrogen-bond acceptors (Lipinski definition) is 6. The summed E-state index contributed by atoms with van der Waals surface area (Å²) in [7, 11) is 3.08. The Hall–Kier alpha value is -3.26. The van der Waals surface area contributed by atoms with Gasteiger partial charge in [0.15, 0.2) is 5.78 Å². The summed E-state index contributed by atoms with van der Waals surface area (Å²) >= 11 is 6.13. The van der Waals surface area contributed by atoms with Crippen LogP contribution in [0.25, 0.3) is 0 Å². The normalized spacial score (nSPS) is 23.8. The van der Waals surface area contributed by atoms with Crippen molar-refractivity contribution in [3.05, 3.63) is 47.0 Å². The third-order valence-corrected chi connectivity index (χ3v) is 7.07. The van der Waals surface area contributed by atoms with Crippen molar-refractivity contribution in [2.75, 3.05) is 38.8 Å². The Morgan fingerprint density at radius 3 is 2.74 bits per heavy atom. The molecule has 0 radical (unpaired) electrons. The first kappa shape index (κ1) is 22.5. The molecule has 2 unspecified atom stereocenters. The number of carbonyl (C=O) groups excluding carboxylic acids is 3. The first-order valence-electron chi connectivity index (χ1n) is 11.2. The summed E-state index contributed by atoms with van der Waals surface area (Å²) in [6, 6.07) is 10.2. The van der Waals surface area contributed by atoms with Gasteiger partial charge in [0.05, 0.1) is 44.4 Å². The molecule has 0 saturated carbocycles. The number of amides is 2. The number of fused-ring (bicyclic) bond motifs is 1. The maximum Gasteiger partial charge on any atom is 0.228 e. The van der Waals surface area contributed by atoms with Gasteiger partial charge in [0.1, 0.15) is 22.8 Å². The highest BCUT2D eigenvalue weighted by atomic mass is 35.5. The van der Waals surface area contributed by atoms with Crippen molar-refractivity contribution in [3.63, 3.8) is 0 Å². The molecular weight excluding hydrogens is 460 g/mol. The van der Waals surface area contributed by atoms with E-state index in [1.807, 2.05) is 0 Å². The molecule has 3 heterocycles.